The lowest BCUT2D eigenvalue weighted by atomic mass is 10.2. The number of amides is 3. The Morgan fingerprint density at radius 2 is 1.60 bits per heavy atom. The Bertz CT molecular complexity index is 1010. The average molecular weight is 420 g/mol. The zero-order valence-corrected chi connectivity index (χ0v) is 17.1. The molecule has 1 saturated heterocycles. The van der Waals surface area contributed by atoms with E-state index in [4.69, 9.17) is 11.6 Å². The monoisotopic (exact) mass is 419 g/mol. The summed E-state index contributed by atoms with van der Waals surface area (Å²) in [7, 11) is 0. The number of carbonyl (C=O) groups excluding carboxylic acids is 2. The lowest BCUT2D eigenvalue weighted by molar-refractivity contribution is -0.117. The first-order valence-electron chi connectivity index (χ1n) is 9.83. The first kappa shape index (κ1) is 20.0. The molecule has 1 atom stereocenters. The van der Waals surface area contributed by atoms with Gasteiger partial charge in [0.2, 0.25) is 5.91 Å². The molecule has 0 bridgehead atoms. The van der Waals surface area contributed by atoms with Gasteiger partial charge in [-0.15, -0.1) is 0 Å². The molecule has 152 valence electrons. The number of rotatable bonds is 5. The van der Waals surface area contributed by atoms with Crippen LogP contribution in [0.15, 0.2) is 84.9 Å². The van der Waals surface area contributed by atoms with Gasteiger partial charge >= 0.3 is 6.03 Å². The van der Waals surface area contributed by atoms with Crippen molar-refractivity contribution in [3.63, 3.8) is 0 Å². The van der Waals surface area contributed by atoms with Crippen molar-refractivity contribution >= 4 is 34.9 Å². The lowest BCUT2D eigenvalue weighted by Crippen LogP contribution is -2.45. The molecule has 1 N–H and O–H groups in total. The average Bonchev–Trinajstić information content (AvgIpc) is 3.13. The SMILES string of the molecule is O=C1CC(NC(=O)N(Cc2ccccc2)c2ccccc2)CN1c1ccc(Cl)cc1. The van der Waals surface area contributed by atoms with Gasteiger partial charge in [0.25, 0.3) is 0 Å². The van der Waals surface area contributed by atoms with Gasteiger partial charge in [0.05, 0.1) is 12.6 Å². The molecular formula is C24H22ClN3O2. The molecule has 6 heteroatoms. The fraction of sp³-hybridized carbons (Fsp3) is 0.167. The molecule has 3 aromatic carbocycles. The van der Waals surface area contributed by atoms with Crippen molar-refractivity contribution in [1.82, 2.24) is 5.32 Å². The van der Waals surface area contributed by atoms with Gasteiger partial charge in [-0.2, -0.15) is 0 Å². The third-order valence-electron chi connectivity index (χ3n) is 5.09. The van der Waals surface area contributed by atoms with Crippen molar-refractivity contribution in [3.05, 3.63) is 95.5 Å². The summed E-state index contributed by atoms with van der Waals surface area (Å²) in [5.74, 6) is -0.0167. The van der Waals surface area contributed by atoms with Gasteiger partial charge in [-0.05, 0) is 42.0 Å². The highest BCUT2D eigenvalue weighted by Gasteiger charge is 2.32. The summed E-state index contributed by atoms with van der Waals surface area (Å²) in [6.07, 6.45) is 0.266. The van der Waals surface area contributed by atoms with E-state index in [0.29, 0.717) is 18.1 Å². The van der Waals surface area contributed by atoms with Crippen LogP contribution in [0.4, 0.5) is 16.2 Å². The van der Waals surface area contributed by atoms with Crippen molar-refractivity contribution < 1.29 is 9.59 Å². The van der Waals surface area contributed by atoms with E-state index in [1.165, 1.54) is 0 Å². The Kier molecular flexibility index (Phi) is 6.00. The van der Waals surface area contributed by atoms with Crippen LogP contribution >= 0.6 is 11.6 Å². The third-order valence-corrected chi connectivity index (χ3v) is 5.34. The van der Waals surface area contributed by atoms with Crippen molar-refractivity contribution in [2.75, 3.05) is 16.3 Å². The summed E-state index contributed by atoms with van der Waals surface area (Å²) in [6, 6.07) is 26.0. The molecule has 1 fully saturated rings. The zero-order valence-electron chi connectivity index (χ0n) is 16.4. The van der Waals surface area contributed by atoms with Crippen LogP contribution in [0.25, 0.3) is 0 Å². The number of urea groups is 1. The number of nitrogens with zero attached hydrogens (tertiary/aromatic N) is 2. The van der Waals surface area contributed by atoms with E-state index in [2.05, 4.69) is 5.32 Å². The number of hydrogen-bond acceptors (Lipinski definition) is 2. The summed E-state index contributed by atoms with van der Waals surface area (Å²) in [4.78, 5) is 29.1. The molecule has 0 saturated carbocycles. The molecule has 30 heavy (non-hydrogen) atoms. The Labute approximate surface area is 180 Å². The molecule has 0 aliphatic carbocycles. The van der Waals surface area contributed by atoms with Crippen LogP contribution in [0.2, 0.25) is 5.02 Å². The van der Waals surface area contributed by atoms with Crippen LogP contribution < -0.4 is 15.1 Å². The van der Waals surface area contributed by atoms with Gasteiger partial charge in [-0.1, -0.05) is 60.1 Å². The number of halogens is 1. The summed E-state index contributed by atoms with van der Waals surface area (Å²) in [5, 5.41) is 3.66. The topological polar surface area (TPSA) is 52.7 Å². The smallest absolute Gasteiger partial charge is 0.322 e. The van der Waals surface area contributed by atoms with E-state index in [-0.39, 0.29) is 24.4 Å². The molecule has 1 heterocycles. The quantitative estimate of drug-likeness (QED) is 0.642. The second-order valence-electron chi connectivity index (χ2n) is 7.24. The van der Waals surface area contributed by atoms with Crippen LogP contribution in [-0.2, 0) is 11.3 Å². The van der Waals surface area contributed by atoms with Gasteiger partial charge in [0.1, 0.15) is 0 Å². The molecule has 1 unspecified atom stereocenters. The van der Waals surface area contributed by atoms with E-state index < -0.39 is 0 Å². The summed E-state index contributed by atoms with van der Waals surface area (Å²) >= 11 is 5.95. The van der Waals surface area contributed by atoms with Crippen molar-refractivity contribution in [1.29, 1.82) is 0 Å². The lowest BCUT2D eigenvalue weighted by Gasteiger charge is -2.25. The number of hydrogen-bond donors (Lipinski definition) is 1. The molecule has 0 aromatic heterocycles. The van der Waals surface area contributed by atoms with E-state index >= 15 is 0 Å². The Balaban J connectivity index is 1.48. The van der Waals surface area contributed by atoms with Gasteiger partial charge in [-0.25, -0.2) is 4.79 Å². The number of anilines is 2. The van der Waals surface area contributed by atoms with Crippen LogP contribution in [0.5, 0.6) is 0 Å². The predicted octanol–water partition coefficient (Wildman–Crippen LogP) is 4.86. The number of benzene rings is 3. The van der Waals surface area contributed by atoms with E-state index in [1.807, 2.05) is 72.8 Å². The standard InChI is InChI=1S/C24H22ClN3O2/c25-19-11-13-22(14-12-19)27-17-20(15-23(27)29)26-24(30)28(21-9-5-2-6-10-21)16-18-7-3-1-4-8-18/h1-14,20H,15-17H2,(H,26,30). The molecule has 4 rings (SSSR count). The minimum absolute atomic E-state index is 0.0167. The van der Waals surface area contributed by atoms with Gasteiger partial charge in [0.15, 0.2) is 0 Å². The first-order valence-corrected chi connectivity index (χ1v) is 10.2. The fourth-order valence-electron chi connectivity index (χ4n) is 3.58. The molecular weight excluding hydrogens is 398 g/mol. The summed E-state index contributed by atoms with van der Waals surface area (Å²) in [6.45, 7) is 0.873. The number of para-hydroxylation sites is 1. The maximum absolute atomic E-state index is 13.2. The Hall–Kier alpha value is -3.31. The largest absolute Gasteiger partial charge is 0.333 e. The maximum atomic E-state index is 13.2. The highest BCUT2D eigenvalue weighted by molar-refractivity contribution is 6.30. The first-order chi connectivity index (χ1) is 14.6. The Morgan fingerprint density at radius 3 is 2.27 bits per heavy atom. The highest BCUT2D eigenvalue weighted by atomic mass is 35.5. The molecule has 1 aliphatic rings. The molecule has 3 aromatic rings. The minimum Gasteiger partial charge on any atom is -0.333 e. The zero-order chi connectivity index (χ0) is 20.9. The maximum Gasteiger partial charge on any atom is 0.322 e. The molecule has 0 radical (unpaired) electrons. The number of carbonyl (C=O) groups is 2. The summed E-state index contributed by atoms with van der Waals surface area (Å²) in [5.41, 5.74) is 2.62. The van der Waals surface area contributed by atoms with Crippen molar-refractivity contribution in [2.45, 2.75) is 19.0 Å². The third kappa shape index (κ3) is 4.63. The summed E-state index contributed by atoms with van der Waals surface area (Å²) < 4.78 is 0. The van der Waals surface area contributed by atoms with E-state index in [0.717, 1.165) is 16.9 Å². The predicted molar refractivity (Wildman–Crippen MR) is 120 cm³/mol. The fourth-order valence-corrected chi connectivity index (χ4v) is 3.71. The molecule has 5 nitrogen and oxygen atoms in total. The van der Waals surface area contributed by atoms with Crippen molar-refractivity contribution in [3.8, 4) is 0 Å². The van der Waals surface area contributed by atoms with Gasteiger partial charge in [-0.3, -0.25) is 9.69 Å². The van der Waals surface area contributed by atoms with Crippen molar-refractivity contribution in [2.24, 2.45) is 0 Å². The molecule has 1 aliphatic heterocycles. The Morgan fingerprint density at radius 1 is 0.967 bits per heavy atom. The second-order valence-corrected chi connectivity index (χ2v) is 7.68. The van der Waals surface area contributed by atoms with Crippen LogP contribution in [-0.4, -0.2) is 24.5 Å². The van der Waals surface area contributed by atoms with Crippen LogP contribution in [0, 0.1) is 0 Å². The van der Waals surface area contributed by atoms with Crippen LogP contribution in [0.1, 0.15) is 12.0 Å². The highest BCUT2D eigenvalue weighted by Crippen LogP contribution is 2.24. The van der Waals surface area contributed by atoms with Gasteiger partial charge < -0.3 is 10.2 Å². The normalized spacial score (nSPS) is 15.8. The molecule has 3 amide bonds. The molecule has 0 spiro atoms. The van der Waals surface area contributed by atoms with E-state index in [1.54, 1.807) is 21.9 Å². The second kappa shape index (κ2) is 9.01. The van der Waals surface area contributed by atoms with E-state index in [9.17, 15) is 9.59 Å². The minimum atomic E-state index is -0.261. The van der Waals surface area contributed by atoms with Crippen LogP contribution in [0.3, 0.4) is 0 Å². The number of nitrogens with one attached hydrogen (secondary N) is 1. The van der Waals surface area contributed by atoms with Gasteiger partial charge in [0, 0.05) is 29.4 Å².